The molecule has 3 aromatic heterocycles. The van der Waals surface area contributed by atoms with E-state index in [9.17, 15) is 9.90 Å². The normalized spacial score (nSPS) is 14.3. The second-order valence-corrected chi connectivity index (χ2v) is 8.01. The molecule has 1 aliphatic carbocycles. The Bertz CT molecular complexity index is 975. The van der Waals surface area contributed by atoms with E-state index in [0.717, 1.165) is 35.2 Å². The third kappa shape index (κ3) is 3.41. The SMILES string of the molecule is CCN(CCO)c1nc2sc3c(c2c(=O)n1Cc1ccco1)CCCCC3. The van der Waals surface area contributed by atoms with Gasteiger partial charge in [0.25, 0.3) is 5.56 Å². The second-order valence-electron chi connectivity index (χ2n) is 6.93. The number of aryl methyl sites for hydroxylation is 2. The number of furan rings is 1. The Morgan fingerprint density at radius 1 is 1.33 bits per heavy atom. The summed E-state index contributed by atoms with van der Waals surface area (Å²) in [5, 5.41) is 10.2. The Morgan fingerprint density at radius 3 is 2.93 bits per heavy atom. The number of likely N-dealkylation sites (N-methyl/N-ethyl adjacent to an activating group) is 1. The highest BCUT2D eigenvalue weighted by Gasteiger charge is 2.23. The first-order valence-electron chi connectivity index (χ1n) is 9.66. The minimum Gasteiger partial charge on any atom is -0.467 e. The molecule has 0 fully saturated rings. The van der Waals surface area contributed by atoms with Crippen LogP contribution in [0, 0.1) is 0 Å². The molecule has 3 heterocycles. The minimum atomic E-state index is 0.00203. The number of nitrogens with zero attached hydrogens (tertiary/aromatic N) is 3. The molecule has 0 amide bonds. The summed E-state index contributed by atoms with van der Waals surface area (Å²) in [5.74, 6) is 1.33. The highest BCUT2D eigenvalue weighted by molar-refractivity contribution is 7.18. The Hall–Kier alpha value is -2.12. The van der Waals surface area contributed by atoms with Gasteiger partial charge in [0.15, 0.2) is 0 Å². The molecular formula is C20H25N3O3S. The summed E-state index contributed by atoms with van der Waals surface area (Å²) < 4.78 is 7.20. The number of aromatic nitrogens is 2. The van der Waals surface area contributed by atoms with E-state index in [1.165, 1.54) is 23.3 Å². The molecule has 6 nitrogen and oxygen atoms in total. The molecule has 0 aliphatic heterocycles. The molecule has 0 saturated heterocycles. The fraction of sp³-hybridized carbons (Fsp3) is 0.500. The topological polar surface area (TPSA) is 71.5 Å². The molecule has 0 saturated carbocycles. The standard InChI is InChI=1S/C20H25N3O3S/c1-2-22(10-11-24)20-21-18-17(15-8-4-3-5-9-16(15)27-18)19(25)23(20)13-14-7-6-12-26-14/h6-7,12,24H,2-5,8-11,13H2,1H3. The third-order valence-corrected chi connectivity index (χ3v) is 6.42. The van der Waals surface area contributed by atoms with E-state index in [2.05, 4.69) is 0 Å². The molecule has 0 unspecified atom stereocenters. The van der Waals surface area contributed by atoms with Crippen LogP contribution in [-0.4, -0.2) is 34.4 Å². The molecule has 4 rings (SSSR count). The van der Waals surface area contributed by atoms with Crippen LogP contribution in [0.5, 0.6) is 0 Å². The van der Waals surface area contributed by atoms with Crippen LogP contribution in [0.3, 0.4) is 0 Å². The number of aliphatic hydroxyl groups excluding tert-OH is 1. The average Bonchev–Trinajstić information content (AvgIpc) is 3.24. The van der Waals surface area contributed by atoms with E-state index in [1.54, 1.807) is 22.2 Å². The zero-order valence-electron chi connectivity index (χ0n) is 15.6. The predicted molar refractivity (Wildman–Crippen MR) is 108 cm³/mol. The van der Waals surface area contributed by atoms with Crippen molar-refractivity contribution >= 4 is 27.5 Å². The van der Waals surface area contributed by atoms with Crippen molar-refractivity contribution in [1.82, 2.24) is 9.55 Å². The maximum atomic E-state index is 13.5. The summed E-state index contributed by atoms with van der Waals surface area (Å²) in [6.45, 7) is 3.48. The number of aliphatic hydroxyl groups is 1. The van der Waals surface area contributed by atoms with Crippen LogP contribution in [0.1, 0.15) is 42.4 Å². The zero-order valence-corrected chi connectivity index (χ0v) is 16.4. The number of fused-ring (bicyclic) bond motifs is 3. The fourth-order valence-electron chi connectivity index (χ4n) is 3.87. The first kappa shape index (κ1) is 18.3. The maximum absolute atomic E-state index is 13.5. The first-order valence-corrected chi connectivity index (χ1v) is 10.5. The van der Waals surface area contributed by atoms with Crippen molar-refractivity contribution in [2.75, 3.05) is 24.6 Å². The van der Waals surface area contributed by atoms with Gasteiger partial charge in [-0.2, -0.15) is 0 Å². The summed E-state index contributed by atoms with van der Waals surface area (Å²) in [7, 11) is 0. The minimum absolute atomic E-state index is 0.00203. The van der Waals surface area contributed by atoms with E-state index < -0.39 is 0 Å². The van der Waals surface area contributed by atoms with Crippen molar-refractivity contribution in [1.29, 1.82) is 0 Å². The molecule has 7 heteroatoms. The van der Waals surface area contributed by atoms with Gasteiger partial charge in [0, 0.05) is 18.0 Å². The Balaban J connectivity index is 1.93. The Kier molecular flexibility index (Phi) is 5.31. The monoisotopic (exact) mass is 387 g/mol. The number of hydrogen-bond acceptors (Lipinski definition) is 6. The molecule has 0 aromatic carbocycles. The fourth-order valence-corrected chi connectivity index (χ4v) is 5.11. The van der Waals surface area contributed by atoms with Gasteiger partial charge in [-0.25, -0.2) is 4.98 Å². The Labute approximate surface area is 162 Å². The molecule has 27 heavy (non-hydrogen) atoms. The average molecular weight is 388 g/mol. The molecule has 0 radical (unpaired) electrons. The van der Waals surface area contributed by atoms with Crippen LogP contribution in [0.15, 0.2) is 27.6 Å². The number of anilines is 1. The lowest BCUT2D eigenvalue weighted by atomic mass is 10.1. The van der Waals surface area contributed by atoms with Crippen LogP contribution in [-0.2, 0) is 19.4 Å². The van der Waals surface area contributed by atoms with Gasteiger partial charge in [0.1, 0.15) is 10.6 Å². The van der Waals surface area contributed by atoms with Crippen molar-refractivity contribution in [2.45, 2.75) is 45.6 Å². The van der Waals surface area contributed by atoms with Gasteiger partial charge < -0.3 is 14.4 Å². The van der Waals surface area contributed by atoms with Gasteiger partial charge in [-0.15, -0.1) is 11.3 Å². The summed E-state index contributed by atoms with van der Waals surface area (Å²) in [4.78, 5) is 22.5. The Morgan fingerprint density at radius 2 is 2.19 bits per heavy atom. The first-order chi connectivity index (χ1) is 13.2. The maximum Gasteiger partial charge on any atom is 0.264 e. The molecule has 1 aliphatic rings. The van der Waals surface area contributed by atoms with Crippen molar-refractivity contribution in [3.63, 3.8) is 0 Å². The van der Waals surface area contributed by atoms with Crippen LogP contribution in [0.2, 0.25) is 0 Å². The van der Waals surface area contributed by atoms with E-state index in [4.69, 9.17) is 9.40 Å². The number of rotatable bonds is 6. The van der Waals surface area contributed by atoms with Gasteiger partial charge in [0.2, 0.25) is 5.95 Å². The summed E-state index contributed by atoms with van der Waals surface area (Å²) >= 11 is 1.67. The van der Waals surface area contributed by atoms with Crippen LogP contribution in [0.4, 0.5) is 5.95 Å². The van der Waals surface area contributed by atoms with E-state index in [0.29, 0.717) is 25.6 Å². The molecule has 0 atom stereocenters. The highest BCUT2D eigenvalue weighted by atomic mass is 32.1. The van der Waals surface area contributed by atoms with Crippen molar-refractivity contribution < 1.29 is 9.52 Å². The lowest BCUT2D eigenvalue weighted by Gasteiger charge is -2.24. The molecule has 0 bridgehead atoms. The van der Waals surface area contributed by atoms with Crippen LogP contribution < -0.4 is 10.5 Å². The number of thiophene rings is 1. The van der Waals surface area contributed by atoms with Gasteiger partial charge in [-0.05, 0) is 50.3 Å². The number of hydrogen-bond donors (Lipinski definition) is 1. The van der Waals surface area contributed by atoms with Crippen molar-refractivity contribution in [2.24, 2.45) is 0 Å². The van der Waals surface area contributed by atoms with Crippen LogP contribution in [0.25, 0.3) is 10.2 Å². The van der Waals surface area contributed by atoms with E-state index >= 15 is 0 Å². The highest BCUT2D eigenvalue weighted by Crippen LogP contribution is 2.34. The summed E-state index contributed by atoms with van der Waals surface area (Å²) in [5.41, 5.74) is 1.21. The third-order valence-electron chi connectivity index (χ3n) is 5.23. The summed E-state index contributed by atoms with van der Waals surface area (Å²) in [6, 6.07) is 3.70. The van der Waals surface area contributed by atoms with E-state index in [1.807, 2.05) is 24.0 Å². The largest absolute Gasteiger partial charge is 0.467 e. The van der Waals surface area contributed by atoms with Gasteiger partial charge in [-0.1, -0.05) is 6.42 Å². The van der Waals surface area contributed by atoms with Crippen LogP contribution >= 0.6 is 11.3 Å². The lowest BCUT2D eigenvalue weighted by Crippen LogP contribution is -2.35. The predicted octanol–water partition coefficient (Wildman–Crippen LogP) is 3.19. The lowest BCUT2D eigenvalue weighted by molar-refractivity contribution is 0.301. The molecule has 3 aromatic rings. The zero-order chi connectivity index (χ0) is 18.8. The quantitative estimate of drug-likeness (QED) is 0.658. The van der Waals surface area contributed by atoms with Crippen molar-refractivity contribution in [3.8, 4) is 0 Å². The molecule has 0 spiro atoms. The summed E-state index contributed by atoms with van der Waals surface area (Å²) in [6.07, 6.45) is 7.14. The van der Waals surface area contributed by atoms with Gasteiger partial charge >= 0.3 is 0 Å². The van der Waals surface area contributed by atoms with Gasteiger partial charge in [0.05, 0.1) is 24.8 Å². The van der Waals surface area contributed by atoms with E-state index in [-0.39, 0.29) is 12.2 Å². The van der Waals surface area contributed by atoms with Gasteiger partial charge in [-0.3, -0.25) is 9.36 Å². The van der Waals surface area contributed by atoms with Crippen molar-refractivity contribution in [3.05, 3.63) is 45.0 Å². The smallest absolute Gasteiger partial charge is 0.264 e. The molecule has 1 N–H and O–H groups in total. The molecular weight excluding hydrogens is 362 g/mol. The molecule has 144 valence electrons. The second kappa shape index (κ2) is 7.86.